The number of carbonyl (C=O) groups is 1. The van der Waals surface area contributed by atoms with Crippen molar-refractivity contribution in [2.45, 2.75) is 32.7 Å². The number of nitrogens with zero attached hydrogens (tertiary/aromatic N) is 3. The van der Waals surface area contributed by atoms with Crippen LogP contribution in [0.2, 0.25) is 0 Å². The van der Waals surface area contributed by atoms with E-state index >= 15 is 0 Å². The van der Waals surface area contributed by atoms with E-state index in [1.54, 1.807) is 0 Å². The predicted molar refractivity (Wildman–Crippen MR) is 96.3 cm³/mol. The van der Waals surface area contributed by atoms with Crippen LogP contribution in [0.3, 0.4) is 0 Å². The van der Waals surface area contributed by atoms with Gasteiger partial charge in [-0.05, 0) is 43.7 Å². The highest BCUT2D eigenvalue weighted by Gasteiger charge is 2.34. The first-order valence-corrected chi connectivity index (χ1v) is 8.49. The second kappa shape index (κ2) is 5.78. The van der Waals surface area contributed by atoms with E-state index in [2.05, 4.69) is 36.6 Å². The summed E-state index contributed by atoms with van der Waals surface area (Å²) in [6, 6.07) is 16.3. The summed E-state index contributed by atoms with van der Waals surface area (Å²) in [5.41, 5.74) is 4.32. The van der Waals surface area contributed by atoms with Crippen LogP contribution in [0.15, 0.2) is 48.5 Å². The minimum Gasteiger partial charge on any atom is -0.328 e. The number of hydrogen-bond acceptors (Lipinski definition) is 2. The summed E-state index contributed by atoms with van der Waals surface area (Å²) in [6.45, 7) is 5.75. The number of rotatable bonds is 3. The maximum atomic E-state index is 12.6. The first-order chi connectivity index (χ1) is 11.7. The smallest absolute Gasteiger partial charge is 0.227 e. The molecule has 4 heteroatoms. The van der Waals surface area contributed by atoms with Gasteiger partial charge in [-0.3, -0.25) is 4.79 Å². The fourth-order valence-electron chi connectivity index (χ4n) is 3.66. The van der Waals surface area contributed by atoms with Crippen LogP contribution in [0.25, 0.3) is 11.0 Å². The van der Waals surface area contributed by atoms with E-state index in [1.165, 1.54) is 5.56 Å². The normalized spacial score (nSPS) is 17.8. The monoisotopic (exact) mass is 319 g/mol. The molecule has 4 nitrogen and oxygen atoms in total. The SMILES string of the molecule is CCn1c(C2CC(=O)N(c3cccc(C)c3)C2)nc2ccccc21. The molecule has 0 bridgehead atoms. The summed E-state index contributed by atoms with van der Waals surface area (Å²) < 4.78 is 2.24. The van der Waals surface area contributed by atoms with Crippen LogP contribution in [-0.2, 0) is 11.3 Å². The average Bonchev–Trinajstić information content (AvgIpc) is 3.15. The number of fused-ring (bicyclic) bond motifs is 1. The van der Waals surface area contributed by atoms with Crippen molar-refractivity contribution < 1.29 is 4.79 Å². The van der Waals surface area contributed by atoms with Crippen LogP contribution in [-0.4, -0.2) is 22.0 Å². The second-order valence-electron chi connectivity index (χ2n) is 6.45. The van der Waals surface area contributed by atoms with Gasteiger partial charge in [-0.15, -0.1) is 0 Å². The van der Waals surface area contributed by atoms with Gasteiger partial charge in [0, 0.05) is 31.1 Å². The molecule has 1 fully saturated rings. The molecule has 4 rings (SSSR count). The Morgan fingerprint density at radius 1 is 1.17 bits per heavy atom. The number of amides is 1. The molecule has 1 atom stereocenters. The van der Waals surface area contributed by atoms with E-state index in [-0.39, 0.29) is 11.8 Å². The van der Waals surface area contributed by atoms with Crippen LogP contribution >= 0.6 is 0 Å². The maximum absolute atomic E-state index is 12.6. The molecule has 0 saturated carbocycles. The minimum absolute atomic E-state index is 0.144. The Morgan fingerprint density at radius 3 is 2.79 bits per heavy atom. The highest BCUT2D eigenvalue weighted by Crippen LogP contribution is 2.33. The lowest BCUT2D eigenvalue weighted by Crippen LogP contribution is -2.24. The Morgan fingerprint density at radius 2 is 2.00 bits per heavy atom. The van der Waals surface area contributed by atoms with Crippen molar-refractivity contribution in [2.75, 3.05) is 11.4 Å². The number of carbonyl (C=O) groups excluding carboxylic acids is 1. The number of para-hydroxylation sites is 2. The van der Waals surface area contributed by atoms with Gasteiger partial charge in [0.15, 0.2) is 0 Å². The average molecular weight is 319 g/mol. The standard InChI is InChI=1S/C20H21N3O/c1-3-22-18-10-5-4-9-17(18)21-20(22)15-12-19(24)23(13-15)16-8-6-7-14(2)11-16/h4-11,15H,3,12-13H2,1-2H3. The molecule has 1 unspecified atom stereocenters. The van der Waals surface area contributed by atoms with Crippen molar-refractivity contribution in [3.8, 4) is 0 Å². The van der Waals surface area contributed by atoms with Gasteiger partial charge in [0.1, 0.15) is 5.82 Å². The molecule has 3 aromatic rings. The van der Waals surface area contributed by atoms with Gasteiger partial charge >= 0.3 is 0 Å². The topological polar surface area (TPSA) is 38.1 Å². The molecule has 1 amide bonds. The zero-order chi connectivity index (χ0) is 16.7. The number of anilines is 1. The van der Waals surface area contributed by atoms with Crippen molar-refractivity contribution in [1.29, 1.82) is 0 Å². The summed E-state index contributed by atoms with van der Waals surface area (Å²) >= 11 is 0. The van der Waals surface area contributed by atoms with Crippen LogP contribution in [0.5, 0.6) is 0 Å². The van der Waals surface area contributed by atoms with Crippen molar-refractivity contribution in [3.63, 3.8) is 0 Å². The van der Waals surface area contributed by atoms with Gasteiger partial charge in [-0.25, -0.2) is 4.98 Å². The van der Waals surface area contributed by atoms with Crippen molar-refractivity contribution >= 4 is 22.6 Å². The highest BCUT2D eigenvalue weighted by atomic mass is 16.2. The lowest BCUT2D eigenvalue weighted by atomic mass is 10.1. The van der Waals surface area contributed by atoms with Crippen LogP contribution < -0.4 is 4.90 Å². The number of hydrogen-bond donors (Lipinski definition) is 0. The summed E-state index contributed by atoms with van der Waals surface area (Å²) in [6.07, 6.45) is 0.525. The van der Waals surface area contributed by atoms with E-state index in [0.717, 1.165) is 29.1 Å². The van der Waals surface area contributed by atoms with E-state index in [0.29, 0.717) is 13.0 Å². The Labute approximate surface area is 141 Å². The second-order valence-corrected chi connectivity index (χ2v) is 6.45. The molecule has 24 heavy (non-hydrogen) atoms. The third-order valence-corrected chi connectivity index (χ3v) is 4.80. The van der Waals surface area contributed by atoms with Gasteiger partial charge in [0.2, 0.25) is 5.91 Å². The van der Waals surface area contributed by atoms with Gasteiger partial charge in [-0.2, -0.15) is 0 Å². The van der Waals surface area contributed by atoms with E-state index in [9.17, 15) is 4.79 Å². The lowest BCUT2D eigenvalue weighted by Gasteiger charge is -2.17. The number of benzene rings is 2. The molecule has 0 N–H and O–H groups in total. The number of imidazole rings is 1. The molecule has 2 aromatic carbocycles. The number of aromatic nitrogens is 2. The molecule has 122 valence electrons. The Kier molecular flexibility index (Phi) is 3.60. The van der Waals surface area contributed by atoms with Crippen LogP contribution in [0.4, 0.5) is 5.69 Å². The molecule has 1 aliphatic rings. The predicted octanol–water partition coefficient (Wildman–Crippen LogP) is 3.89. The van der Waals surface area contributed by atoms with E-state index in [4.69, 9.17) is 4.98 Å². The first-order valence-electron chi connectivity index (χ1n) is 8.49. The molecular weight excluding hydrogens is 298 g/mol. The highest BCUT2D eigenvalue weighted by molar-refractivity contribution is 5.96. The zero-order valence-corrected chi connectivity index (χ0v) is 14.1. The van der Waals surface area contributed by atoms with Crippen molar-refractivity contribution in [3.05, 3.63) is 59.9 Å². The third-order valence-electron chi connectivity index (χ3n) is 4.80. The van der Waals surface area contributed by atoms with Gasteiger partial charge in [-0.1, -0.05) is 24.3 Å². The maximum Gasteiger partial charge on any atom is 0.227 e. The quantitative estimate of drug-likeness (QED) is 0.734. The summed E-state index contributed by atoms with van der Waals surface area (Å²) in [5, 5.41) is 0. The minimum atomic E-state index is 0.144. The molecule has 2 heterocycles. The molecule has 1 saturated heterocycles. The molecule has 0 aliphatic carbocycles. The van der Waals surface area contributed by atoms with Gasteiger partial charge < -0.3 is 9.47 Å². The fraction of sp³-hybridized carbons (Fsp3) is 0.300. The lowest BCUT2D eigenvalue weighted by molar-refractivity contribution is -0.117. The molecule has 0 radical (unpaired) electrons. The van der Waals surface area contributed by atoms with E-state index in [1.807, 2.05) is 35.2 Å². The fourth-order valence-corrected chi connectivity index (χ4v) is 3.66. The van der Waals surface area contributed by atoms with Gasteiger partial charge in [0.25, 0.3) is 0 Å². The summed E-state index contributed by atoms with van der Waals surface area (Å²) in [7, 11) is 0. The Bertz CT molecular complexity index is 912. The van der Waals surface area contributed by atoms with Crippen LogP contribution in [0.1, 0.15) is 30.7 Å². The third kappa shape index (κ3) is 2.39. The molecule has 1 aliphatic heterocycles. The van der Waals surface area contributed by atoms with Gasteiger partial charge in [0.05, 0.1) is 11.0 Å². The first kappa shape index (κ1) is 14.9. The number of aryl methyl sites for hydroxylation is 2. The molecular formula is C20H21N3O. The Hall–Kier alpha value is -2.62. The van der Waals surface area contributed by atoms with Crippen molar-refractivity contribution in [1.82, 2.24) is 9.55 Å². The van der Waals surface area contributed by atoms with Crippen molar-refractivity contribution in [2.24, 2.45) is 0 Å². The summed E-state index contributed by atoms with van der Waals surface area (Å²) in [4.78, 5) is 19.3. The molecule has 0 spiro atoms. The summed E-state index contributed by atoms with van der Waals surface area (Å²) in [5.74, 6) is 1.35. The Balaban J connectivity index is 1.70. The largest absolute Gasteiger partial charge is 0.328 e. The molecule has 1 aromatic heterocycles. The zero-order valence-electron chi connectivity index (χ0n) is 14.1. The van der Waals surface area contributed by atoms with Crippen LogP contribution in [0, 0.1) is 6.92 Å². The van der Waals surface area contributed by atoms with E-state index < -0.39 is 0 Å².